The van der Waals surface area contributed by atoms with Crippen LogP contribution in [0.3, 0.4) is 0 Å². The van der Waals surface area contributed by atoms with Crippen molar-refractivity contribution in [2.75, 3.05) is 0 Å². The van der Waals surface area contributed by atoms with Gasteiger partial charge in [0.25, 0.3) is 18.8 Å². The summed E-state index contributed by atoms with van der Waals surface area (Å²) in [5.41, 5.74) is 3.83. The van der Waals surface area contributed by atoms with Gasteiger partial charge in [0.2, 0.25) is 0 Å². The predicted octanol–water partition coefficient (Wildman–Crippen LogP) is 8.06. The summed E-state index contributed by atoms with van der Waals surface area (Å²) in [4.78, 5) is 0. The lowest BCUT2D eigenvalue weighted by Gasteiger charge is -2.17. The number of nitriles is 3. The third-order valence-corrected chi connectivity index (χ3v) is 6.77. The molecule has 0 unspecified atom stereocenters. The zero-order valence-corrected chi connectivity index (χ0v) is 20.4. The van der Waals surface area contributed by atoms with E-state index < -0.39 is 0 Å². The number of benzene rings is 6. The summed E-state index contributed by atoms with van der Waals surface area (Å²) in [5.74, 6) is 1.40. The summed E-state index contributed by atoms with van der Waals surface area (Å²) < 4.78 is 15.5. The van der Waals surface area contributed by atoms with Crippen molar-refractivity contribution in [1.29, 1.82) is 15.8 Å². The topological polar surface area (TPSA) is 99.1 Å². The number of hydrogen-bond donors (Lipinski definition) is 0. The molecule has 0 aromatic heterocycles. The molecule has 6 nitrogen and oxygen atoms in total. The second-order valence-corrected chi connectivity index (χ2v) is 8.80. The maximum Gasteiger partial charge on any atom is 0.292 e. The van der Waals surface area contributed by atoms with Crippen molar-refractivity contribution >= 4 is 32.3 Å². The molecular formula is C33H17N3O3. The highest BCUT2D eigenvalue weighted by Gasteiger charge is 2.17. The average Bonchev–Trinajstić information content (AvgIpc) is 2.96. The van der Waals surface area contributed by atoms with E-state index in [1.807, 2.05) is 85.1 Å². The van der Waals surface area contributed by atoms with Crippen LogP contribution in [-0.2, 0) is 0 Å². The average molecular weight is 504 g/mol. The van der Waals surface area contributed by atoms with E-state index in [1.165, 1.54) is 0 Å². The molecule has 0 aliphatic carbocycles. The van der Waals surface area contributed by atoms with Crippen molar-refractivity contribution in [3.05, 3.63) is 103 Å². The molecule has 0 amide bonds. The second kappa shape index (κ2) is 9.79. The van der Waals surface area contributed by atoms with E-state index >= 15 is 0 Å². The maximum absolute atomic E-state index is 9.44. The molecule has 0 atom stereocenters. The SMILES string of the molecule is N#COc1ccc2c(-c3ccc(-c4cccc5cc(OC#N)ccc45)c4c(OC#N)cccc34)cccc2c1. The van der Waals surface area contributed by atoms with E-state index in [2.05, 4.69) is 6.07 Å². The van der Waals surface area contributed by atoms with Crippen molar-refractivity contribution < 1.29 is 14.2 Å². The Morgan fingerprint density at radius 3 is 1.54 bits per heavy atom. The monoisotopic (exact) mass is 503 g/mol. The molecule has 0 radical (unpaired) electrons. The van der Waals surface area contributed by atoms with Crippen LogP contribution in [-0.4, -0.2) is 0 Å². The van der Waals surface area contributed by atoms with E-state index in [9.17, 15) is 5.26 Å². The molecule has 0 aliphatic rings. The van der Waals surface area contributed by atoms with Gasteiger partial charge in [-0.1, -0.05) is 72.8 Å². The van der Waals surface area contributed by atoms with Gasteiger partial charge in [0.1, 0.15) is 11.5 Å². The second-order valence-electron chi connectivity index (χ2n) is 8.80. The van der Waals surface area contributed by atoms with E-state index in [-0.39, 0.29) is 0 Å². The highest BCUT2D eigenvalue weighted by atomic mass is 16.5. The highest BCUT2D eigenvalue weighted by Crippen LogP contribution is 2.44. The first-order chi connectivity index (χ1) is 19.2. The van der Waals surface area contributed by atoms with Crippen LogP contribution in [0.15, 0.2) is 103 Å². The van der Waals surface area contributed by atoms with Crippen LogP contribution < -0.4 is 14.2 Å². The fraction of sp³-hybridized carbons (Fsp3) is 0. The largest absolute Gasteiger partial charge is 0.388 e. The molecule has 182 valence electrons. The summed E-state index contributed by atoms with van der Waals surface area (Å²) in [5, 5.41) is 32.8. The summed E-state index contributed by atoms with van der Waals surface area (Å²) in [7, 11) is 0. The summed E-state index contributed by atoms with van der Waals surface area (Å²) in [6.45, 7) is 0. The number of nitrogens with zero attached hydrogens (tertiary/aromatic N) is 3. The first-order valence-corrected chi connectivity index (χ1v) is 12.0. The van der Waals surface area contributed by atoms with Crippen LogP contribution >= 0.6 is 0 Å². The van der Waals surface area contributed by atoms with Gasteiger partial charge in [0.15, 0.2) is 5.75 Å². The van der Waals surface area contributed by atoms with Crippen LogP contribution in [0.5, 0.6) is 17.2 Å². The molecule has 0 aliphatic heterocycles. The van der Waals surface area contributed by atoms with Crippen molar-refractivity contribution in [2.24, 2.45) is 0 Å². The van der Waals surface area contributed by atoms with Crippen LogP contribution in [0.25, 0.3) is 54.6 Å². The minimum absolute atomic E-state index is 0.457. The zero-order chi connectivity index (χ0) is 26.8. The Balaban J connectivity index is 1.63. The zero-order valence-electron chi connectivity index (χ0n) is 20.4. The lowest BCUT2D eigenvalue weighted by atomic mass is 9.88. The van der Waals surface area contributed by atoms with E-state index in [1.54, 1.807) is 30.7 Å². The Bertz CT molecular complexity index is 2050. The summed E-state index contributed by atoms with van der Waals surface area (Å²) >= 11 is 0. The molecule has 6 heteroatoms. The van der Waals surface area contributed by atoms with Gasteiger partial charge in [-0.15, -0.1) is 15.8 Å². The first-order valence-electron chi connectivity index (χ1n) is 12.0. The number of fused-ring (bicyclic) bond motifs is 3. The Kier molecular flexibility index (Phi) is 5.87. The number of rotatable bonds is 5. The molecule has 0 saturated heterocycles. The summed E-state index contributed by atoms with van der Waals surface area (Å²) in [6.07, 6.45) is 5.27. The molecule has 0 heterocycles. The van der Waals surface area contributed by atoms with Gasteiger partial charge in [0, 0.05) is 5.39 Å². The molecule has 0 spiro atoms. The van der Waals surface area contributed by atoms with E-state index in [4.69, 9.17) is 24.7 Å². The van der Waals surface area contributed by atoms with Gasteiger partial charge in [-0.2, -0.15) is 0 Å². The number of ether oxygens (including phenoxy) is 3. The van der Waals surface area contributed by atoms with Gasteiger partial charge in [0.05, 0.1) is 0 Å². The van der Waals surface area contributed by atoms with Crippen molar-refractivity contribution in [3.8, 4) is 58.3 Å². The first kappa shape index (κ1) is 23.4. The minimum Gasteiger partial charge on any atom is -0.388 e. The van der Waals surface area contributed by atoms with Crippen LogP contribution in [0.2, 0.25) is 0 Å². The van der Waals surface area contributed by atoms with Crippen LogP contribution in [0.1, 0.15) is 0 Å². The van der Waals surface area contributed by atoms with Gasteiger partial charge < -0.3 is 14.2 Å². The van der Waals surface area contributed by atoms with Crippen molar-refractivity contribution in [2.45, 2.75) is 0 Å². The van der Waals surface area contributed by atoms with Crippen molar-refractivity contribution in [3.63, 3.8) is 0 Å². The lowest BCUT2D eigenvalue weighted by Crippen LogP contribution is -1.92. The standard InChI is InChI=1S/C33H17N3O3/c34-18-37-23-10-12-25-21(16-23)4-1-6-27(25)29-14-15-31(33-30(29)8-3-9-32(33)39-20-36)28-7-2-5-22-17-24(38-19-35)11-13-26(22)28/h1-17H. The molecule has 6 aromatic rings. The molecule has 6 aromatic carbocycles. The lowest BCUT2D eigenvalue weighted by molar-refractivity contribution is 0.508. The van der Waals surface area contributed by atoms with Gasteiger partial charge >= 0.3 is 0 Å². The van der Waals surface area contributed by atoms with E-state index in [0.717, 1.165) is 54.6 Å². The molecule has 0 fully saturated rings. The van der Waals surface area contributed by atoms with Crippen molar-refractivity contribution in [1.82, 2.24) is 0 Å². The fourth-order valence-electron chi connectivity index (χ4n) is 5.19. The smallest absolute Gasteiger partial charge is 0.292 e. The third kappa shape index (κ3) is 4.07. The Morgan fingerprint density at radius 2 is 0.949 bits per heavy atom. The third-order valence-electron chi connectivity index (χ3n) is 6.77. The molecule has 6 rings (SSSR count). The highest BCUT2D eigenvalue weighted by molar-refractivity contribution is 6.14. The summed E-state index contributed by atoms with van der Waals surface area (Å²) in [6, 6.07) is 32.8. The Hall–Kier alpha value is -6.03. The molecule has 0 N–H and O–H groups in total. The number of hydrogen-bond acceptors (Lipinski definition) is 6. The maximum atomic E-state index is 9.44. The Morgan fingerprint density at radius 1 is 0.436 bits per heavy atom. The minimum atomic E-state index is 0.457. The van der Waals surface area contributed by atoms with Gasteiger partial charge in [-0.05, 0) is 79.5 Å². The molecular weight excluding hydrogens is 486 g/mol. The van der Waals surface area contributed by atoms with Gasteiger partial charge in [-0.25, -0.2) is 0 Å². The molecule has 0 bridgehead atoms. The van der Waals surface area contributed by atoms with Crippen LogP contribution in [0.4, 0.5) is 0 Å². The Labute approximate surface area is 223 Å². The molecule has 39 heavy (non-hydrogen) atoms. The normalized spacial score (nSPS) is 10.5. The molecule has 0 saturated carbocycles. The predicted molar refractivity (Wildman–Crippen MR) is 149 cm³/mol. The van der Waals surface area contributed by atoms with Gasteiger partial charge in [-0.3, -0.25) is 0 Å². The quantitative estimate of drug-likeness (QED) is 0.221. The van der Waals surface area contributed by atoms with E-state index in [0.29, 0.717) is 17.2 Å². The van der Waals surface area contributed by atoms with Crippen LogP contribution in [0, 0.1) is 34.6 Å². The fourth-order valence-corrected chi connectivity index (χ4v) is 5.19.